The van der Waals surface area contributed by atoms with Gasteiger partial charge in [0.1, 0.15) is 0 Å². The number of aromatic nitrogens is 1. The lowest BCUT2D eigenvalue weighted by Gasteiger charge is -2.14. The molecule has 1 heterocycles. The van der Waals surface area contributed by atoms with Crippen LogP contribution >= 0.6 is 0 Å². The van der Waals surface area contributed by atoms with E-state index in [1.165, 1.54) is 14.2 Å². The number of methoxy groups -OCH3 is 2. The lowest BCUT2D eigenvalue weighted by molar-refractivity contribution is -0.153. The van der Waals surface area contributed by atoms with Crippen molar-refractivity contribution in [1.82, 2.24) is 4.98 Å². The maximum absolute atomic E-state index is 11.5. The van der Waals surface area contributed by atoms with Gasteiger partial charge in [0.05, 0.1) is 0 Å². The molecule has 5 nitrogen and oxygen atoms in total. The molecule has 82 valence electrons. The molecular weight excluding hydrogens is 196 g/mol. The summed E-state index contributed by atoms with van der Waals surface area (Å²) in [7, 11) is 2.82. The van der Waals surface area contributed by atoms with Gasteiger partial charge in [0, 0.05) is 32.3 Å². The van der Waals surface area contributed by atoms with Crippen molar-refractivity contribution in [2.45, 2.75) is 13.2 Å². The van der Waals surface area contributed by atoms with Gasteiger partial charge in [0.15, 0.2) is 0 Å². The number of hydrogen-bond acceptors (Lipinski definition) is 4. The standard InChI is InChI=1S/C10H14N2O3/c1-7-6-11-5-4-8(7)12-9(13)10(14-2)15-3/h4-6,10H,1-3H3,(H,11,12,13). The predicted molar refractivity (Wildman–Crippen MR) is 55.4 cm³/mol. The Bertz CT molecular complexity index is 337. The molecule has 1 N–H and O–H groups in total. The van der Waals surface area contributed by atoms with Crippen LogP contribution in [0.25, 0.3) is 0 Å². The highest BCUT2D eigenvalue weighted by Crippen LogP contribution is 2.12. The van der Waals surface area contributed by atoms with Crippen LogP contribution in [-0.2, 0) is 14.3 Å². The SMILES string of the molecule is COC(OC)C(=O)Nc1ccncc1C. The number of ether oxygens (including phenoxy) is 2. The van der Waals surface area contributed by atoms with Gasteiger partial charge in [-0.05, 0) is 18.6 Å². The summed E-state index contributed by atoms with van der Waals surface area (Å²) in [6.45, 7) is 1.86. The van der Waals surface area contributed by atoms with Crippen LogP contribution in [0.1, 0.15) is 5.56 Å². The van der Waals surface area contributed by atoms with E-state index < -0.39 is 6.29 Å². The molecule has 0 radical (unpaired) electrons. The van der Waals surface area contributed by atoms with E-state index in [1.807, 2.05) is 6.92 Å². The highest BCUT2D eigenvalue weighted by molar-refractivity contribution is 5.93. The molecule has 5 heteroatoms. The zero-order valence-corrected chi connectivity index (χ0v) is 8.98. The van der Waals surface area contributed by atoms with Crippen LogP contribution in [-0.4, -0.2) is 31.4 Å². The van der Waals surface area contributed by atoms with Gasteiger partial charge in [0.2, 0.25) is 6.29 Å². The molecule has 0 fully saturated rings. The minimum atomic E-state index is -0.891. The topological polar surface area (TPSA) is 60.5 Å². The van der Waals surface area contributed by atoms with E-state index >= 15 is 0 Å². The van der Waals surface area contributed by atoms with Crippen molar-refractivity contribution in [2.75, 3.05) is 19.5 Å². The van der Waals surface area contributed by atoms with E-state index in [-0.39, 0.29) is 5.91 Å². The van der Waals surface area contributed by atoms with Crippen LogP contribution in [0, 0.1) is 6.92 Å². The maximum atomic E-state index is 11.5. The number of carbonyl (C=O) groups excluding carboxylic acids is 1. The Kier molecular flexibility index (Phi) is 4.20. The highest BCUT2D eigenvalue weighted by atomic mass is 16.7. The molecule has 0 unspecified atom stereocenters. The Morgan fingerprint density at radius 1 is 1.47 bits per heavy atom. The fourth-order valence-corrected chi connectivity index (χ4v) is 1.12. The molecule has 1 rings (SSSR count). The zero-order chi connectivity index (χ0) is 11.3. The fourth-order valence-electron chi connectivity index (χ4n) is 1.12. The molecule has 1 amide bonds. The largest absolute Gasteiger partial charge is 0.348 e. The van der Waals surface area contributed by atoms with E-state index in [9.17, 15) is 4.79 Å². The molecule has 1 aromatic rings. The second kappa shape index (κ2) is 5.43. The minimum absolute atomic E-state index is 0.339. The molecule has 1 aromatic heterocycles. The number of hydrogen-bond donors (Lipinski definition) is 1. The number of nitrogens with one attached hydrogen (secondary N) is 1. The van der Waals surface area contributed by atoms with E-state index in [1.54, 1.807) is 18.5 Å². The Morgan fingerprint density at radius 2 is 2.13 bits per heavy atom. The molecule has 0 spiro atoms. The van der Waals surface area contributed by atoms with Crippen molar-refractivity contribution in [3.63, 3.8) is 0 Å². The summed E-state index contributed by atoms with van der Waals surface area (Å²) in [5.41, 5.74) is 1.59. The molecule has 0 bridgehead atoms. The number of pyridine rings is 1. The van der Waals surface area contributed by atoms with Crippen molar-refractivity contribution in [3.8, 4) is 0 Å². The average molecular weight is 210 g/mol. The van der Waals surface area contributed by atoms with E-state index in [0.717, 1.165) is 5.56 Å². The highest BCUT2D eigenvalue weighted by Gasteiger charge is 2.16. The van der Waals surface area contributed by atoms with Crippen molar-refractivity contribution in [1.29, 1.82) is 0 Å². The van der Waals surface area contributed by atoms with Crippen molar-refractivity contribution in [3.05, 3.63) is 24.0 Å². The Labute approximate surface area is 88.4 Å². The number of carbonyl (C=O) groups is 1. The second-order valence-electron chi connectivity index (χ2n) is 2.98. The first-order valence-corrected chi connectivity index (χ1v) is 4.46. The molecule has 0 saturated heterocycles. The lowest BCUT2D eigenvalue weighted by Crippen LogP contribution is -2.31. The first kappa shape index (κ1) is 11.6. The van der Waals surface area contributed by atoms with Crippen molar-refractivity contribution in [2.24, 2.45) is 0 Å². The van der Waals surface area contributed by atoms with Crippen LogP contribution in [0.2, 0.25) is 0 Å². The summed E-state index contributed by atoms with van der Waals surface area (Å²) >= 11 is 0. The van der Waals surface area contributed by atoms with Crippen molar-refractivity contribution < 1.29 is 14.3 Å². The third-order valence-corrected chi connectivity index (χ3v) is 1.92. The van der Waals surface area contributed by atoms with E-state index in [4.69, 9.17) is 9.47 Å². The van der Waals surface area contributed by atoms with Crippen LogP contribution < -0.4 is 5.32 Å². The van der Waals surface area contributed by atoms with E-state index in [2.05, 4.69) is 10.3 Å². The third kappa shape index (κ3) is 3.00. The number of aryl methyl sites for hydroxylation is 1. The quantitative estimate of drug-likeness (QED) is 0.751. The Morgan fingerprint density at radius 3 is 2.67 bits per heavy atom. The number of nitrogens with zero attached hydrogens (tertiary/aromatic N) is 1. The molecular formula is C10H14N2O3. The molecule has 0 aliphatic carbocycles. The fraction of sp³-hybridized carbons (Fsp3) is 0.400. The summed E-state index contributed by atoms with van der Waals surface area (Å²) in [6, 6.07) is 1.72. The number of anilines is 1. The number of rotatable bonds is 4. The molecule has 0 saturated carbocycles. The van der Waals surface area contributed by atoms with Crippen LogP contribution in [0.4, 0.5) is 5.69 Å². The molecule has 0 atom stereocenters. The van der Waals surface area contributed by atoms with Crippen LogP contribution in [0.5, 0.6) is 0 Å². The summed E-state index contributed by atoms with van der Waals surface area (Å²) in [4.78, 5) is 15.5. The summed E-state index contributed by atoms with van der Waals surface area (Å²) in [5.74, 6) is -0.339. The van der Waals surface area contributed by atoms with E-state index in [0.29, 0.717) is 5.69 Å². The summed E-state index contributed by atoms with van der Waals surface area (Å²) in [5, 5.41) is 2.68. The smallest absolute Gasteiger partial charge is 0.281 e. The zero-order valence-electron chi connectivity index (χ0n) is 8.98. The monoisotopic (exact) mass is 210 g/mol. The Hall–Kier alpha value is -1.46. The van der Waals surface area contributed by atoms with Gasteiger partial charge in [-0.2, -0.15) is 0 Å². The molecule has 0 aromatic carbocycles. The molecule has 0 aliphatic heterocycles. The first-order valence-electron chi connectivity index (χ1n) is 4.46. The van der Waals surface area contributed by atoms with Gasteiger partial charge in [0.25, 0.3) is 5.91 Å². The van der Waals surface area contributed by atoms with Gasteiger partial charge in [-0.25, -0.2) is 0 Å². The van der Waals surface area contributed by atoms with Gasteiger partial charge in [-0.15, -0.1) is 0 Å². The normalized spacial score (nSPS) is 10.4. The number of amides is 1. The van der Waals surface area contributed by atoms with Gasteiger partial charge in [-0.3, -0.25) is 9.78 Å². The van der Waals surface area contributed by atoms with Gasteiger partial charge < -0.3 is 14.8 Å². The second-order valence-corrected chi connectivity index (χ2v) is 2.98. The lowest BCUT2D eigenvalue weighted by atomic mass is 10.2. The molecule has 15 heavy (non-hydrogen) atoms. The first-order chi connectivity index (χ1) is 7.19. The van der Waals surface area contributed by atoms with Crippen LogP contribution in [0.15, 0.2) is 18.5 Å². The Balaban J connectivity index is 2.70. The molecule has 0 aliphatic rings. The summed E-state index contributed by atoms with van der Waals surface area (Å²) in [6.07, 6.45) is 2.39. The van der Waals surface area contributed by atoms with Gasteiger partial charge >= 0.3 is 0 Å². The maximum Gasteiger partial charge on any atom is 0.281 e. The minimum Gasteiger partial charge on any atom is -0.348 e. The summed E-state index contributed by atoms with van der Waals surface area (Å²) < 4.78 is 9.65. The van der Waals surface area contributed by atoms with Gasteiger partial charge in [-0.1, -0.05) is 0 Å². The predicted octanol–water partition coefficient (Wildman–Crippen LogP) is 0.947. The van der Waals surface area contributed by atoms with Crippen molar-refractivity contribution >= 4 is 11.6 Å². The third-order valence-electron chi connectivity index (χ3n) is 1.92. The average Bonchev–Trinajstić information content (AvgIpc) is 2.23. The van der Waals surface area contributed by atoms with Crippen LogP contribution in [0.3, 0.4) is 0 Å².